The Kier molecular flexibility index (Phi) is 2.63. The maximum Gasteiger partial charge on any atom is 0.148 e. The number of fused-ring (bicyclic) bond motifs is 2. The normalized spacial score (nSPS) is 11.1. The van der Waals surface area contributed by atoms with Gasteiger partial charge in [-0.25, -0.2) is 0 Å². The monoisotopic (exact) mass is 231 g/mol. The van der Waals surface area contributed by atoms with E-state index in [2.05, 4.69) is 70.4 Å². The first kappa shape index (κ1) is 11.3. The quantitative estimate of drug-likeness (QED) is 0.438. The maximum atomic E-state index is 2.30. The fourth-order valence-corrected chi connectivity index (χ4v) is 2.81. The smallest absolute Gasteiger partial charge is 0.0875 e. The predicted octanol–water partition coefficient (Wildman–Crippen LogP) is 3.99. The van der Waals surface area contributed by atoms with Crippen LogP contribution in [-0.2, 0) is 0 Å². The first-order chi connectivity index (χ1) is 8.72. The van der Waals surface area contributed by atoms with Gasteiger partial charge in [0, 0.05) is 0 Å². The molecular weight excluding hydrogens is 215 g/mol. The minimum absolute atomic E-state index is 1.29. The van der Waals surface area contributed by atoms with Gasteiger partial charge in [0.05, 0.1) is 0 Å². The zero-order valence-electron chi connectivity index (χ0n) is 11.1. The van der Waals surface area contributed by atoms with Crippen molar-refractivity contribution in [2.24, 2.45) is 0 Å². The van der Waals surface area contributed by atoms with Crippen LogP contribution in [0.3, 0.4) is 0 Å². The summed E-state index contributed by atoms with van der Waals surface area (Å²) >= 11 is 0. The third-order valence-corrected chi connectivity index (χ3v) is 3.92. The van der Waals surface area contributed by atoms with Gasteiger partial charge in [0.15, 0.2) is 0 Å². The Hall–Kier alpha value is -1.76. The highest BCUT2D eigenvalue weighted by Gasteiger charge is 2.08. The fraction of sp³-hybridized carbons (Fsp3) is 0.176. The molecule has 0 saturated heterocycles. The van der Waals surface area contributed by atoms with Crippen LogP contribution in [0.2, 0.25) is 6.82 Å². The van der Waals surface area contributed by atoms with Gasteiger partial charge in [-0.15, -0.1) is 0 Å². The van der Waals surface area contributed by atoms with Gasteiger partial charge < -0.3 is 0 Å². The third kappa shape index (κ3) is 1.54. The highest BCUT2D eigenvalue weighted by Crippen LogP contribution is 2.31. The van der Waals surface area contributed by atoms with Crippen molar-refractivity contribution in [1.82, 2.24) is 0 Å². The lowest BCUT2D eigenvalue weighted by molar-refractivity contribution is 1.53. The van der Waals surface area contributed by atoms with E-state index < -0.39 is 0 Å². The molecule has 0 fully saturated rings. The molecule has 3 aromatic carbocycles. The summed E-state index contributed by atoms with van der Waals surface area (Å²) in [4.78, 5) is 0. The van der Waals surface area contributed by atoms with Crippen molar-refractivity contribution in [1.29, 1.82) is 0 Å². The SMILES string of the molecule is C[B]c1ccc2c(C)c3ccccc3c(C)c2c1. The van der Waals surface area contributed by atoms with Crippen molar-refractivity contribution < 1.29 is 0 Å². The lowest BCUT2D eigenvalue weighted by Gasteiger charge is -2.12. The van der Waals surface area contributed by atoms with Gasteiger partial charge >= 0.3 is 0 Å². The minimum Gasteiger partial charge on any atom is -0.0875 e. The van der Waals surface area contributed by atoms with Gasteiger partial charge in [-0.2, -0.15) is 0 Å². The maximum absolute atomic E-state index is 2.30. The van der Waals surface area contributed by atoms with Crippen LogP contribution in [0.25, 0.3) is 21.5 Å². The molecule has 87 valence electrons. The van der Waals surface area contributed by atoms with E-state index in [0.717, 1.165) is 0 Å². The summed E-state index contributed by atoms with van der Waals surface area (Å²) in [6.45, 7) is 6.54. The second-order valence-electron chi connectivity index (χ2n) is 4.89. The van der Waals surface area contributed by atoms with Crippen LogP contribution in [0.15, 0.2) is 42.5 Å². The molecule has 0 bridgehead atoms. The van der Waals surface area contributed by atoms with E-state index in [1.807, 2.05) is 0 Å². The summed E-state index contributed by atoms with van der Waals surface area (Å²) in [5, 5.41) is 5.49. The molecule has 18 heavy (non-hydrogen) atoms. The molecule has 3 aromatic rings. The van der Waals surface area contributed by atoms with Crippen LogP contribution < -0.4 is 5.46 Å². The summed E-state index contributed by atoms with van der Waals surface area (Å²) in [6, 6.07) is 15.4. The van der Waals surface area contributed by atoms with Crippen LogP contribution in [0.5, 0.6) is 0 Å². The fourth-order valence-electron chi connectivity index (χ4n) is 2.81. The number of hydrogen-bond acceptors (Lipinski definition) is 0. The zero-order valence-corrected chi connectivity index (χ0v) is 11.1. The molecule has 0 aliphatic carbocycles. The average Bonchev–Trinajstić information content (AvgIpc) is 2.44. The van der Waals surface area contributed by atoms with Gasteiger partial charge in [-0.05, 0) is 46.5 Å². The molecular formula is C17H16B. The van der Waals surface area contributed by atoms with Crippen molar-refractivity contribution in [2.75, 3.05) is 0 Å². The van der Waals surface area contributed by atoms with Crippen molar-refractivity contribution in [3.05, 3.63) is 53.6 Å². The number of hydrogen-bond donors (Lipinski definition) is 0. The van der Waals surface area contributed by atoms with Crippen LogP contribution in [-0.4, -0.2) is 7.28 Å². The molecule has 0 N–H and O–H groups in total. The minimum atomic E-state index is 1.29. The van der Waals surface area contributed by atoms with Gasteiger partial charge in [0.25, 0.3) is 0 Å². The third-order valence-electron chi connectivity index (χ3n) is 3.92. The van der Waals surface area contributed by atoms with Crippen molar-refractivity contribution in [2.45, 2.75) is 20.7 Å². The highest BCUT2D eigenvalue weighted by molar-refractivity contribution is 6.52. The van der Waals surface area contributed by atoms with Crippen molar-refractivity contribution in [3.8, 4) is 0 Å². The van der Waals surface area contributed by atoms with Crippen LogP contribution in [0, 0.1) is 13.8 Å². The molecule has 0 aliphatic heterocycles. The lowest BCUT2D eigenvalue weighted by atomic mass is 9.72. The molecule has 0 unspecified atom stereocenters. The summed E-state index contributed by atoms with van der Waals surface area (Å²) in [7, 11) is 2.16. The summed E-state index contributed by atoms with van der Waals surface area (Å²) in [6.07, 6.45) is 0. The predicted molar refractivity (Wildman–Crippen MR) is 82.2 cm³/mol. The largest absolute Gasteiger partial charge is 0.148 e. The van der Waals surface area contributed by atoms with Gasteiger partial charge in [0.1, 0.15) is 7.28 Å². The zero-order chi connectivity index (χ0) is 12.7. The highest BCUT2D eigenvalue weighted by atomic mass is 14.1. The lowest BCUT2D eigenvalue weighted by Crippen LogP contribution is -2.09. The van der Waals surface area contributed by atoms with Crippen molar-refractivity contribution in [3.63, 3.8) is 0 Å². The number of benzene rings is 3. The van der Waals surface area contributed by atoms with Gasteiger partial charge in [-0.1, -0.05) is 54.8 Å². The van der Waals surface area contributed by atoms with E-state index in [9.17, 15) is 0 Å². The molecule has 0 aliphatic rings. The second-order valence-corrected chi connectivity index (χ2v) is 4.89. The molecule has 1 radical (unpaired) electrons. The Balaban J connectivity index is 2.54. The Bertz CT molecular complexity index is 741. The molecule has 0 heterocycles. The molecule has 0 nitrogen and oxygen atoms in total. The topological polar surface area (TPSA) is 0 Å². The Morgan fingerprint density at radius 1 is 0.722 bits per heavy atom. The van der Waals surface area contributed by atoms with E-state index in [1.165, 1.54) is 38.1 Å². The summed E-state index contributed by atoms with van der Waals surface area (Å²) < 4.78 is 0. The van der Waals surface area contributed by atoms with Gasteiger partial charge in [0.2, 0.25) is 0 Å². The van der Waals surface area contributed by atoms with Gasteiger partial charge in [-0.3, -0.25) is 0 Å². The molecule has 0 saturated carbocycles. The standard InChI is InChI=1S/C17H16B/c1-11-14-6-4-5-7-15(14)12(2)17-10-13(18-3)8-9-16(11)17/h4-10H,1-3H3. The molecule has 0 aromatic heterocycles. The van der Waals surface area contributed by atoms with E-state index in [4.69, 9.17) is 0 Å². The summed E-state index contributed by atoms with van der Waals surface area (Å²) in [5.41, 5.74) is 4.06. The number of aryl methyl sites for hydroxylation is 2. The average molecular weight is 231 g/mol. The molecule has 3 rings (SSSR count). The molecule has 0 atom stereocenters. The Morgan fingerprint density at radius 2 is 1.28 bits per heavy atom. The van der Waals surface area contributed by atoms with Crippen LogP contribution in [0.1, 0.15) is 11.1 Å². The number of rotatable bonds is 1. The first-order valence-corrected chi connectivity index (χ1v) is 6.43. The molecule has 0 amide bonds. The Morgan fingerprint density at radius 3 is 1.89 bits per heavy atom. The van der Waals surface area contributed by atoms with Crippen LogP contribution in [0.4, 0.5) is 0 Å². The van der Waals surface area contributed by atoms with E-state index in [1.54, 1.807) is 0 Å². The van der Waals surface area contributed by atoms with E-state index >= 15 is 0 Å². The van der Waals surface area contributed by atoms with E-state index in [0.29, 0.717) is 0 Å². The Labute approximate surface area is 109 Å². The van der Waals surface area contributed by atoms with E-state index in [-0.39, 0.29) is 0 Å². The second kappa shape index (κ2) is 4.17. The first-order valence-electron chi connectivity index (χ1n) is 6.43. The molecule has 1 heteroatoms. The van der Waals surface area contributed by atoms with Crippen molar-refractivity contribution >= 4 is 34.3 Å². The summed E-state index contributed by atoms with van der Waals surface area (Å²) in [5.74, 6) is 0. The van der Waals surface area contributed by atoms with Crippen LogP contribution >= 0.6 is 0 Å². The molecule has 0 spiro atoms.